The summed E-state index contributed by atoms with van der Waals surface area (Å²) in [5.74, 6) is 5.41. The average Bonchev–Trinajstić information content (AvgIpc) is 2.27. The van der Waals surface area contributed by atoms with Crippen molar-refractivity contribution >= 4 is 39.2 Å². The molecule has 0 aliphatic rings. The van der Waals surface area contributed by atoms with Gasteiger partial charge in [-0.05, 0) is 40.8 Å². The number of nitrogen functional groups attached to an aromatic ring is 1. The van der Waals surface area contributed by atoms with Crippen molar-refractivity contribution in [3.8, 4) is 6.07 Å². The highest BCUT2D eigenvalue weighted by molar-refractivity contribution is 14.1. The van der Waals surface area contributed by atoms with Crippen LogP contribution < -0.4 is 11.3 Å². The van der Waals surface area contributed by atoms with Crippen LogP contribution in [0.15, 0.2) is 24.4 Å². The largest absolute Gasteiger partial charge is 0.322 e. The fraction of sp³-hybridized carbons (Fsp3) is 0. The predicted molar refractivity (Wildman–Crippen MR) is 67.0 cm³/mol. The quantitative estimate of drug-likeness (QED) is 0.480. The number of hydrogen-bond donors (Lipinski definition) is 2. The molecule has 1 aromatic carbocycles. The highest BCUT2D eigenvalue weighted by atomic mass is 127. The van der Waals surface area contributed by atoms with E-state index in [9.17, 15) is 0 Å². The average molecular weight is 310 g/mol. The number of benzene rings is 1. The van der Waals surface area contributed by atoms with E-state index in [1.54, 1.807) is 0 Å². The maximum atomic E-state index is 8.89. The zero-order chi connectivity index (χ0) is 10.8. The highest BCUT2D eigenvalue weighted by Gasteiger charge is 2.07. The third kappa shape index (κ3) is 1.73. The summed E-state index contributed by atoms with van der Waals surface area (Å²) < 4.78 is 1.08. The molecule has 0 unspecified atom stereocenters. The summed E-state index contributed by atoms with van der Waals surface area (Å²) in [6, 6.07) is 7.86. The number of rotatable bonds is 1. The molecule has 0 saturated heterocycles. The summed E-state index contributed by atoms with van der Waals surface area (Å²) in [6.07, 6.45) is 1.52. The van der Waals surface area contributed by atoms with Crippen LogP contribution in [0.4, 0.5) is 5.69 Å². The molecule has 0 spiro atoms. The lowest BCUT2D eigenvalue weighted by molar-refractivity contribution is 1.31. The van der Waals surface area contributed by atoms with Crippen molar-refractivity contribution in [1.29, 1.82) is 5.26 Å². The van der Waals surface area contributed by atoms with Gasteiger partial charge in [0, 0.05) is 15.2 Å². The van der Waals surface area contributed by atoms with E-state index in [1.807, 2.05) is 18.2 Å². The third-order valence-corrected chi connectivity index (χ3v) is 2.77. The van der Waals surface area contributed by atoms with Gasteiger partial charge in [-0.1, -0.05) is 0 Å². The molecule has 2 rings (SSSR count). The van der Waals surface area contributed by atoms with Gasteiger partial charge in [0.15, 0.2) is 0 Å². The number of anilines is 1. The van der Waals surface area contributed by atoms with E-state index in [0.29, 0.717) is 11.3 Å². The summed E-state index contributed by atoms with van der Waals surface area (Å²) in [6.45, 7) is 0. The molecule has 5 heteroatoms. The van der Waals surface area contributed by atoms with Crippen LogP contribution in [0.5, 0.6) is 0 Å². The maximum Gasteiger partial charge on any atom is 0.103 e. The molecule has 74 valence electrons. The molecular weight excluding hydrogens is 303 g/mol. The van der Waals surface area contributed by atoms with E-state index in [-0.39, 0.29) is 0 Å². The zero-order valence-electron chi connectivity index (χ0n) is 7.66. The van der Waals surface area contributed by atoms with Crippen LogP contribution in [0.25, 0.3) is 10.9 Å². The smallest absolute Gasteiger partial charge is 0.103 e. The Hall–Kier alpha value is -1.39. The number of fused-ring (bicyclic) bond motifs is 1. The van der Waals surface area contributed by atoms with Gasteiger partial charge in [-0.25, -0.2) is 0 Å². The highest BCUT2D eigenvalue weighted by Crippen LogP contribution is 2.25. The summed E-state index contributed by atoms with van der Waals surface area (Å²) in [5, 5.41) is 9.76. The van der Waals surface area contributed by atoms with Gasteiger partial charge < -0.3 is 5.43 Å². The molecular formula is C10H7IN4. The normalized spacial score (nSPS) is 9.93. The number of nitrogens with zero attached hydrogens (tertiary/aromatic N) is 2. The predicted octanol–water partition coefficient (Wildman–Crippen LogP) is 2.00. The molecule has 2 aromatic rings. The van der Waals surface area contributed by atoms with Crippen LogP contribution >= 0.6 is 22.6 Å². The summed E-state index contributed by atoms with van der Waals surface area (Å²) >= 11 is 2.21. The van der Waals surface area contributed by atoms with Gasteiger partial charge >= 0.3 is 0 Å². The Balaban J connectivity index is 2.86. The van der Waals surface area contributed by atoms with E-state index in [4.69, 9.17) is 11.1 Å². The molecule has 1 heterocycles. The number of nitrogens with two attached hydrogens (primary N) is 1. The summed E-state index contributed by atoms with van der Waals surface area (Å²) in [7, 11) is 0. The van der Waals surface area contributed by atoms with Crippen molar-refractivity contribution < 1.29 is 0 Å². The fourth-order valence-electron chi connectivity index (χ4n) is 1.41. The Morgan fingerprint density at radius 3 is 2.93 bits per heavy atom. The summed E-state index contributed by atoms with van der Waals surface area (Å²) in [5.41, 5.74) is 4.45. The molecule has 0 radical (unpaired) electrons. The Morgan fingerprint density at radius 1 is 1.47 bits per heavy atom. The molecule has 4 nitrogen and oxygen atoms in total. The maximum absolute atomic E-state index is 8.89. The lowest BCUT2D eigenvalue weighted by atomic mass is 10.1. The molecule has 1 aromatic heterocycles. The van der Waals surface area contributed by atoms with Crippen molar-refractivity contribution in [3.05, 3.63) is 33.5 Å². The topological polar surface area (TPSA) is 74.7 Å². The van der Waals surface area contributed by atoms with E-state index >= 15 is 0 Å². The molecule has 0 fully saturated rings. The van der Waals surface area contributed by atoms with Crippen LogP contribution in [0.3, 0.4) is 0 Å². The second-order valence-electron chi connectivity index (χ2n) is 2.96. The van der Waals surface area contributed by atoms with Gasteiger partial charge in [0.2, 0.25) is 0 Å². The van der Waals surface area contributed by atoms with Crippen LogP contribution in [-0.2, 0) is 0 Å². The van der Waals surface area contributed by atoms with Gasteiger partial charge in [0.1, 0.15) is 6.07 Å². The third-order valence-electron chi connectivity index (χ3n) is 2.09. The van der Waals surface area contributed by atoms with E-state index in [1.165, 1.54) is 6.20 Å². The first kappa shape index (κ1) is 10.1. The van der Waals surface area contributed by atoms with Crippen LogP contribution in [-0.4, -0.2) is 4.98 Å². The monoisotopic (exact) mass is 310 g/mol. The van der Waals surface area contributed by atoms with Crippen LogP contribution in [0.2, 0.25) is 0 Å². The number of hydrogen-bond acceptors (Lipinski definition) is 4. The Labute approximate surface area is 100 Å². The second kappa shape index (κ2) is 4.00. The molecule has 3 N–H and O–H groups in total. The standard InChI is InChI=1S/C10H7IN4/c11-7-1-2-9-8(3-7)10(15-13)6(4-12)5-14-9/h1-3,5H,13H2,(H,14,15). The lowest BCUT2D eigenvalue weighted by Crippen LogP contribution is -2.09. The first-order valence-corrected chi connectivity index (χ1v) is 5.29. The first-order valence-electron chi connectivity index (χ1n) is 4.21. The van der Waals surface area contributed by atoms with Gasteiger partial charge in [0.05, 0.1) is 16.8 Å². The number of nitriles is 1. The minimum atomic E-state index is 0.451. The van der Waals surface area contributed by atoms with Gasteiger partial charge in [-0.15, -0.1) is 0 Å². The van der Waals surface area contributed by atoms with Gasteiger partial charge in [-0.2, -0.15) is 5.26 Å². The number of nitrogens with one attached hydrogen (secondary N) is 1. The van der Waals surface area contributed by atoms with E-state index < -0.39 is 0 Å². The molecule has 0 amide bonds. The zero-order valence-corrected chi connectivity index (χ0v) is 9.82. The van der Waals surface area contributed by atoms with E-state index in [0.717, 1.165) is 14.5 Å². The Kier molecular flexibility index (Phi) is 2.70. The molecule has 0 atom stereocenters. The van der Waals surface area contributed by atoms with Gasteiger partial charge in [-0.3, -0.25) is 10.8 Å². The van der Waals surface area contributed by atoms with Gasteiger partial charge in [0.25, 0.3) is 0 Å². The SMILES string of the molecule is N#Cc1cnc2ccc(I)cc2c1NN. The first-order chi connectivity index (χ1) is 7.26. The minimum absolute atomic E-state index is 0.451. The number of pyridine rings is 1. The van der Waals surface area contributed by atoms with Crippen molar-refractivity contribution in [2.75, 3.05) is 5.43 Å². The van der Waals surface area contributed by atoms with Crippen LogP contribution in [0, 0.1) is 14.9 Å². The summed E-state index contributed by atoms with van der Waals surface area (Å²) in [4.78, 5) is 4.18. The molecule has 15 heavy (non-hydrogen) atoms. The number of hydrazine groups is 1. The van der Waals surface area contributed by atoms with Crippen molar-refractivity contribution in [1.82, 2.24) is 4.98 Å². The van der Waals surface area contributed by atoms with Crippen molar-refractivity contribution in [2.45, 2.75) is 0 Å². The molecule has 0 aliphatic carbocycles. The molecule has 0 aliphatic heterocycles. The minimum Gasteiger partial charge on any atom is -0.322 e. The number of halogens is 1. The Morgan fingerprint density at radius 2 is 2.27 bits per heavy atom. The van der Waals surface area contributed by atoms with E-state index in [2.05, 4.69) is 39.1 Å². The lowest BCUT2D eigenvalue weighted by Gasteiger charge is -2.07. The molecule has 0 saturated carbocycles. The van der Waals surface area contributed by atoms with Crippen molar-refractivity contribution in [2.24, 2.45) is 5.84 Å². The number of aromatic nitrogens is 1. The second-order valence-corrected chi connectivity index (χ2v) is 4.21. The van der Waals surface area contributed by atoms with Crippen LogP contribution in [0.1, 0.15) is 5.56 Å². The fourth-order valence-corrected chi connectivity index (χ4v) is 1.90. The van der Waals surface area contributed by atoms with Crippen molar-refractivity contribution in [3.63, 3.8) is 0 Å². The molecule has 0 bridgehead atoms. The Bertz CT molecular complexity index is 559.